The predicted molar refractivity (Wildman–Crippen MR) is 209 cm³/mol. The molecule has 0 bridgehead atoms. The van der Waals surface area contributed by atoms with Crippen molar-refractivity contribution in [1.29, 1.82) is 0 Å². The van der Waals surface area contributed by atoms with Crippen molar-refractivity contribution >= 4 is 29.5 Å². The molecule has 1 aliphatic rings. The summed E-state index contributed by atoms with van der Waals surface area (Å²) in [6.45, 7) is 0. The second-order valence-corrected chi connectivity index (χ2v) is 14.9. The molecule has 5 nitrogen and oxygen atoms in total. The zero-order valence-corrected chi connectivity index (χ0v) is 28.4. The minimum atomic E-state index is -3.84. The van der Waals surface area contributed by atoms with Gasteiger partial charge in [0.05, 0.1) is 5.69 Å². The molecule has 7 aromatic carbocycles. The Labute approximate surface area is 297 Å². The first-order valence-electron chi connectivity index (χ1n) is 16.9. The Morgan fingerprint density at radius 1 is 0.392 bits per heavy atom. The van der Waals surface area contributed by atoms with E-state index in [4.69, 9.17) is 15.0 Å². The fourth-order valence-corrected chi connectivity index (χ4v) is 9.63. The Balaban J connectivity index is 1.37. The Hall–Kier alpha value is -6.42. The molecule has 2 heterocycles. The Kier molecular flexibility index (Phi) is 7.68. The summed E-state index contributed by atoms with van der Waals surface area (Å²) in [6, 6.07) is 62.9. The molecule has 51 heavy (non-hydrogen) atoms. The van der Waals surface area contributed by atoms with E-state index >= 15 is 4.57 Å². The van der Waals surface area contributed by atoms with Gasteiger partial charge in [0.2, 0.25) is 5.57 Å². The van der Waals surface area contributed by atoms with E-state index in [9.17, 15) is 0 Å². The number of hydrogen-bond donors (Lipinski definition) is 0. The lowest BCUT2D eigenvalue weighted by Gasteiger charge is -2.39. The average Bonchev–Trinajstić information content (AvgIpc) is 3.22. The first kappa shape index (κ1) is 30.6. The third kappa shape index (κ3) is 5.45. The highest BCUT2D eigenvalue weighted by atomic mass is 31.2. The molecule has 6 heteroatoms. The second-order valence-electron chi connectivity index (χ2n) is 12.4. The maximum absolute atomic E-state index is 16.7. The van der Waals surface area contributed by atoms with Gasteiger partial charge in [-0.15, -0.1) is 0 Å². The molecule has 0 fully saturated rings. The lowest BCUT2D eigenvalue weighted by Crippen LogP contribution is -2.37. The van der Waals surface area contributed by atoms with Gasteiger partial charge in [-0.05, 0) is 64.2 Å². The van der Waals surface area contributed by atoms with Gasteiger partial charge in [0.1, 0.15) is 0 Å². The summed E-state index contributed by atoms with van der Waals surface area (Å²) >= 11 is 0. The summed E-state index contributed by atoms with van der Waals surface area (Å²) < 4.78 is 18.7. The van der Waals surface area contributed by atoms with Crippen LogP contribution in [0, 0.1) is 0 Å². The summed E-state index contributed by atoms with van der Waals surface area (Å²) in [5.74, 6) is 0.936. The SMILES string of the molecule is O=P1(c2nc(-c3ccccc3)nc(-c3ccccc3)n2)c2ccc(-c3ccccc3)cc2-c2cc(-c3ccccc3)ccc2N1c1ccccc1. The summed E-state index contributed by atoms with van der Waals surface area (Å²) in [5, 5.41) is 0.674. The number of para-hydroxylation sites is 1. The van der Waals surface area contributed by atoms with E-state index in [1.54, 1.807) is 0 Å². The first-order chi connectivity index (χ1) is 25.2. The van der Waals surface area contributed by atoms with Gasteiger partial charge in [-0.3, -0.25) is 9.24 Å². The van der Waals surface area contributed by atoms with Crippen LogP contribution in [0.25, 0.3) is 56.2 Å². The van der Waals surface area contributed by atoms with E-state index in [0.29, 0.717) is 17.0 Å². The largest absolute Gasteiger partial charge is 0.286 e. The third-order valence-corrected chi connectivity index (χ3v) is 12.1. The van der Waals surface area contributed by atoms with Crippen LogP contribution in [-0.4, -0.2) is 15.0 Å². The number of hydrogen-bond acceptors (Lipinski definition) is 4. The van der Waals surface area contributed by atoms with Gasteiger partial charge in [-0.2, -0.15) is 0 Å². The van der Waals surface area contributed by atoms with Gasteiger partial charge in [0.15, 0.2) is 11.6 Å². The minimum Gasteiger partial charge on any atom is -0.286 e. The second kappa shape index (κ2) is 12.8. The molecular formula is C45H31N4OP. The molecule has 0 aliphatic carbocycles. The van der Waals surface area contributed by atoms with E-state index in [1.165, 1.54) is 0 Å². The number of nitrogens with zero attached hydrogens (tertiary/aromatic N) is 4. The number of rotatable bonds is 6. The van der Waals surface area contributed by atoms with E-state index < -0.39 is 7.29 Å². The molecule has 1 aliphatic heterocycles. The van der Waals surface area contributed by atoms with Crippen molar-refractivity contribution in [2.75, 3.05) is 4.67 Å². The minimum absolute atomic E-state index is 0.227. The van der Waals surface area contributed by atoms with Crippen molar-refractivity contribution < 1.29 is 4.57 Å². The number of benzene rings is 7. The van der Waals surface area contributed by atoms with Crippen LogP contribution in [0.1, 0.15) is 0 Å². The van der Waals surface area contributed by atoms with Crippen molar-refractivity contribution in [3.8, 4) is 56.2 Å². The smallest absolute Gasteiger partial charge is 0.270 e. The summed E-state index contributed by atoms with van der Waals surface area (Å²) in [4.78, 5) is 15.1. The van der Waals surface area contributed by atoms with Gasteiger partial charge in [0.25, 0.3) is 7.29 Å². The van der Waals surface area contributed by atoms with Crippen molar-refractivity contribution in [1.82, 2.24) is 15.0 Å². The zero-order chi connectivity index (χ0) is 34.2. The molecule has 242 valence electrons. The van der Waals surface area contributed by atoms with Crippen LogP contribution < -0.4 is 15.5 Å². The summed E-state index contributed by atoms with van der Waals surface area (Å²) in [7, 11) is -3.84. The fraction of sp³-hybridized carbons (Fsp3) is 0. The van der Waals surface area contributed by atoms with Gasteiger partial charge in [0, 0.05) is 27.7 Å². The average molecular weight is 675 g/mol. The van der Waals surface area contributed by atoms with Gasteiger partial charge < -0.3 is 0 Å². The lowest BCUT2D eigenvalue weighted by molar-refractivity contribution is 0.585. The summed E-state index contributed by atoms with van der Waals surface area (Å²) in [5.41, 5.74) is 9.66. The quantitative estimate of drug-likeness (QED) is 0.164. The Morgan fingerprint density at radius 3 is 1.33 bits per heavy atom. The van der Waals surface area contributed by atoms with E-state index in [2.05, 4.69) is 66.7 Å². The molecule has 0 radical (unpaired) electrons. The molecule has 1 aromatic heterocycles. The standard InChI is InChI=1S/C45H31N4OP/c50-51(45-47-43(34-20-10-3-11-21-34)46-44(48-45)35-22-12-4-13-23-35)42-29-27-37(33-18-8-2-9-19-33)31-40(42)39-30-36(32-16-6-1-7-17-32)26-28-41(39)49(51)38-24-14-5-15-25-38/h1-31H. The molecule has 0 N–H and O–H groups in total. The van der Waals surface area contributed by atoms with E-state index in [1.807, 2.05) is 126 Å². The topological polar surface area (TPSA) is 59.0 Å². The Bertz CT molecular complexity index is 2490. The van der Waals surface area contributed by atoms with Crippen LogP contribution in [0.15, 0.2) is 188 Å². The summed E-state index contributed by atoms with van der Waals surface area (Å²) in [6.07, 6.45) is 0. The van der Waals surface area contributed by atoms with Gasteiger partial charge in [-0.25, -0.2) is 15.0 Å². The maximum atomic E-state index is 16.7. The van der Waals surface area contributed by atoms with Crippen LogP contribution in [-0.2, 0) is 4.57 Å². The predicted octanol–water partition coefficient (Wildman–Crippen LogP) is 10.6. The number of aromatic nitrogens is 3. The number of fused-ring (bicyclic) bond motifs is 3. The molecule has 9 rings (SSSR count). The molecular weight excluding hydrogens is 643 g/mol. The van der Waals surface area contributed by atoms with Crippen LogP contribution in [0.5, 0.6) is 0 Å². The zero-order valence-electron chi connectivity index (χ0n) is 27.5. The molecule has 0 saturated carbocycles. The molecule has 1 atom stereocenters. The van der Waals surface area contributed by atoms with Crippen molar-refractivity contribution in [2.24, 2.45) is 0 Å². The highest BCUT2D eigenvalue weighted by Gasteiger charge is 2.46. The monoisotopic (exact) mass is 674 g/mol. The van der Waals surface area contributed by atoms with Gasteiger partial charge in [-0.1, -0.05) is 152 Å². The van der Waals surface area contributed by atoms with E-state index in [0.717, 1.165) is 55.9 Å². The third-order valence-electron chi connectivity index (χ3n) is 9.29. The normalized spacial score (nSPS) is 14.8. The molecule has 0 saturated heterocycles. The highest BCUT2D eigenvalue weighted by molar-refractivity contribution is 7.80. The van der Waals surface area contributed by atoms with E-state index in [-0.39, 0.29) is 5.57 Å². The van der Waals surface area contributed by atoms with Crippen LogP contribution in [0.2, 0.25) is 0 Å². The Morgan fingerprint density at radius 2 is 0.824 bits per heavy atom. The van der Waals surface area contributed by atoms with Crippen LogP contribution in [0.3, 0.4) is 0 Å². The molecule has 0 spiro atoms. The van der Waals surface area contributed by atoms with Crippen LogP contribution >= 0.6 is 7.29 Å². The molecule has 8 aromatic rings. The lowest BCUT2D eigenvalue weighted by atomic mass is 9.94. The fourth-order valence-electron chi connectivity index (χ4n) is 6.83. The van der Waals surface area contributed by atoms with Crippen LogP contribution in [0.4, 0.5) is 11.4 Å². The first-order valence-corrected chi connectivity index (χ1v) is 18.6. The van der Waals surface area contributed by atoms with Gasteiger partial charge >= 0.3 is 0 Å². The van der Waals surface area contributed by atoms with Crippen molar-refractivity contribution in [2.45, 2.75) is 0 Å². The van der Waals surface area contributed by atoms with Crippen molar-refractivity contribution in [3.63, 3.8) is 0 Å². The van der Waals surface area contributed by atoms with Crippen molar-refractivity contribution in [3.05, 3.63) is 188 Å². The number of anilines is 2. The highest BCUT2D eigenvalue weighted by Crippen LogP contribution is 2.61. The maximum Gasteiger partial charge on any atom is 0.270 e. The molecule has 1 unspecified atom stereocenters. The molecule has 0 amide bonds.